The number of aromatic nitrogens is 2. The predicted octanol–water partition coefficient (Wildman–Crippen LogP) is 1.92. The van der Waals surface area contributed by atoms with Crippen molar-refractivity contribution in [3.05, 3.63) is 53.1 Å². The van der Waals surface area contributed by atoms with E-state index in [-0.39, 0.29) is 16.6 Å². The lowest BCUT2D eigenvalue weighted by Crippen LogP contribution is -2.23. The molecule has 0 spiro atoms. The van der Waals surface area contributed by atoms with Crippen LogP contribution in [0.4, 0.5) is 0 Å². The van der Waals surface area contributed by atoms with Crippen LogP contribution in [0.15, 0.2) is 41.6 Å². The fourth-order valence-corrected chi connectivity index (χ4v) is 2.46. The number of halogens is 1. The van der Waals surface area contributed by atoms with Crippen LogP contribution in [0.2, 0.25) is 5.15 Å². The van der Waals surface area contributed by atoms with E-state index >= 15 is 0 Å². The quantitative estimate of drug-likeness (QED) is 0.875. The number of sulfonamides is 1. The number of hydrogen-bond donors (Lipinski definition) is 1. The van der Waals surface area contributed by atoms with Crippen LogP contribution in [0.5, 0.6) is 0 Å². The summed E-state index contributed by atoms with van der Waals surface area (Å²) in [6.45, 7) is 2.05. The van der Waals surface area contributed by atoms with Gasteiger partial charge in [-0.3, -0.25) is 4.98 Å². The monoisotopic (exact) mass is 297 g/mol. The molecule has 2 aromatic rings. The average molecular weight is 298 g/mol. The van der Waals surface area contributed by atoms with Crippen molar-refractivity contribution < 1.29 is 8.42 Å². The Morgan fingerprint density at radius 2 is 1.95 bits per heavy atom. The summed E-state index contributed by atoms with van der Waals surface area (Å²) in [4.78, 5) is 7.93. The number of rotatable bonds is 4. The molecule has 0 amide bonds. The summed E-state index contributed by atoms with van der Waals surface area (Å²) in [6, 6.07) is 6.49. The Morgan fingerprint density at radius 1 is 1.16 bits per heavy atom. The molecule has 0 bridgehead atoms. The molecule has 19 heavy (non-hydrogen) atoms. The second-order valence-electron chi connectivity index (χ2n) is 3.95. The van der Waals surface area contributed by atoms with Crippen LogP contribution in [0.25, 0.3) is 0 Å². The first-order valence-corrected chi connectivity index (χ1v) is 7.36. The molecule has 7 heteroatoms. The van der Waals surface area contributed by atoms with Gasteiger partial charge in [0, 0.05) is 24.6 Å². The molecule has 0 saturated carbocycles. The van der Waals surface area contributed by atoms with E-state index < -0.39 is 10.0 Å². The first kappa shape index (κ1) is 13.9. The summed E-state index contributed by atoms with van der Waals surface area (Å²) in [5.74, 6) is 0. The van der Waals surface area contributed by atoms with E-state index in [1.807, 2.05) is 19.1 Å². The lowest BCUT2D eigenvalue weighted by atomic mass is 10.2. The Morgan fingerprint density at radius 3 is 2.53 bits per heavy atom. The summed E-state index contributed by atoms with van der Waals surface area (Å²) in [5, 5.41) is 0.252. The van der Waals surface area contributed by atoms with Crippen molar-refractivity contribution in [2.24, 2.45) is 0 Å². The average Bonchev–Trinajstić information content (AvgIpc) is 2.39. The van der Waals surface area contributed by atoms with Gasteiger partial charge in [-0.2, -0.15) is 0 Å². The van der Waals surface area contributed by atoms with Crippen molar-refractivity contribution in [1.82, 2.24) is 14.7 Å². The van der Waals surface area contributed by atoms with Gasteiger partial charge in [-0.05, 0) is 30.7 Å². The van der Waals surface area contributed by atoms with Crippen LogP contribution in [0.1, 0.15) is 11.3 Å². The van der Waals surface area contributed by atoms with Gasteiger partial charge < -0.3 is 0 Å². The van der Waals surface area contributed by atoms with Gasteiger partial charge in [-0.15, -0.1) is 0 Å². The van der Waals surface area contributed by atoms with Crippen LogP contribution >= 0.6 is 11.6 Å². The summed E-state index contributed by atoms with van der Waals surface area (Å²) < 4.78 is 26.4. The highest BCUT2D eigenvalue weighted by Gasteiger charge is 2.13. The maximum absolute atomic E-state index is 12.0. The maximum atomic E-state index is 12.0. The highest BCUT2D eigenvalue weighted by atomic mass is 35.5. The van der Waals surface area contributed by atoms with Crippen LogP contribution < -0.4 is 4.72 Å². The van der Waals surface area contributed by atoms with Crippen molar-refractivity contribution in [3.8, 4) is 0 Å². The fraction of sp³-hybridized carbons (Fsp3) is 0.167. The Balaban J connectivity index is 2.09. The van der Waals surface area contributed by atoms with Gasteiger partial charge in [0.25, 0.3) is 0 Å². The molecule has 0 aromatic carbocycles. The fourth-order valence-electron chi connectivity index (χ4n) is 1.39. The first-order valence-electron chi connectivity index (χ1n) is 5.50. The van der Waals surface area contributed by atoms with E-state index in [2.05, 4.69) is 14.7 Å². The van der Waals surface area contributed by atoms with Crippen LogP contribution in [-0.4, -0.2) is 18.4 Å². The normalized spacial score (nSPS) is 11.5. The van der Waals surface area contributed by atoms with Crippen molar-refractivity contribution >= 4 is 21.6 Å². The molecule has 5 nitrogen and oxygen atoms in total. The minimum absolute atomic E-state index is 0.0805. The molecule has 2 rings (SSSR count). The molecule has 1 N–H and O–H groups in total. The van der Waals surface area contributed by atoms with E-state index in [9.17, 15) is 8.42 Å². The van der Waals surface area contributed by atoms with Crippen LogP contribution in [0, 0.1) is 6.92 Å². The topological polar surface area (TPSA) is 72.0 Å². The Bertz CT molecular complexity index is 654. The van der Waals surface area contributed by atoms with E-state index in [0.717, 1.165) is 11.3 Å². The van der Waals surface area contributed by atoms with E-state index in [0.29, 0.717) is 0 Å². The molecule has 0 fully saturated rings. The Labute approximate surface area is 116 Å². The molecule has 0 atom stereocenters. The third-order valence-electron chi connectivity index (χ3n) is 2.45. The molecule has 0 aliphatic rings. The van der Waals surface area contributed by atoms with E-state index in [1.54, 1.807) is 6.20 Å². The number of pyridine rings is 2. The molecule has 0 saturated heterocycles. The van der Waals surface area contributed by atoms with Crippen molar-refractivity contribution in [1.29, 1.82) is 0 Å². The molecule has 0 radical (unpaired) electrons. The molecule has 0 aliphatic heterocycles. The standard InChI is InChI=1S/C12H12ClN3O2S/c1-9-2-3-10(6-14-9)7-16-19(17,18)11-4-5-12(13)15-8-11/h2-6,8,16H,7H2,1H3. The van der Waals surface area contributed by atoms with Gasteiger partial charge in [0.15, 0.2) is 0 Å². The molecule has 2 heterocycles. The number of nitrogens with one attached hydrogen (secondary N) is 1. The van der Waals surface area contributed by atoms with Gasteiger partial charge in [0.2, 0.25) is 10.0 Å². The number of aryl methyl sites for hydroxylation is 1. The third-order valence-corrected chi connectivity index (χ3v) is 4.06. The Hall–Kier alpha value is -1.50. The summed E-state index contributed by atoms with van der Waals surface area (Å²) >= 11 is 5.61. The minimum Gasteiger partial charge on any atom is -0.261 e. The van der Waals surface area contributed by atoms with Crippen molar-refractivity contribution in [2.75, 3.05) is 0 Å². The Kier molecular flexibility index (Phi) is 4.14. The molecule has 0 unspecified atom stereocenters. The second kappa shape index (κ2) is 5.64. The summed E-state index contributed by atoms with van der Waals surface area (Å²) in [6.07, 6.45) is 2.86. The van der Waals surface area contributed by atoms with Crippen LogP contribution in [0.3, 0.4) is 0 Å². The zero-order chi connectivity index (χ0) is 13.9. The van der Waals surface area contributed by atoms with Gasteiger partial charge in [0.1, 0.15) is 10.0 Å². The van der Waals surface area contributed by atoms with Gasteiger partial charge in [0.05, 0.1) is 0 Å². The van der Waals surface area contributed by atoms with Gasteiger partial charge >= 0.3 is 0 Å². The number of hydrogen-bond acceptors (Lipinski definition) is 4. The van der Waals surface area contributed by atoms with Gasteiger partial charge in [-0.1, -0.05) is 17.7 Å². The van der Waals surface area contributed by atoms with Crippen LogP contribution in [-0.2, 0) is 16.6 Å². The maximum Gasteiger partial charge on any atom is 0.242 e. The summed E-state index contributed by atoms with van der Waals surface area (Å²) in [5.41, 5.74) is 1.67. The molecular formula is C12H12ClN3O2S. The van der Waals surface area contributed by atoms with E-state index in [1.165, 1.54) is 18.3 Å². The van der Waals surface area contributed by atoms with Gasteiger partial charge in [-0.25, -0.2) is 18.1 Å². The van der Waals surface area contributed by atoms with Crippen molar-refractivity contribution in [2.45, 2.75) is 18.4 Å². The number of nitrogens with zero attached hydrogens (tertiary/aromatic N) is 2. The molecule has 0 aliphatic carbocycles. The zero-order valence-electron chi connectivity index (χ0n) is 10.2. The first-order chi connectivity index (χ1) is 8.97. The zero-order valence-corrected chi connectivity index (χ0v) is 11.7. The second-order valence-corrected chi connectivity index (χ2v) is 6.10. The lowest BCUT2D eigenvalue weighted by Gasteiger charge is -2.06. The largest absolute Gasteiger partial charge is 0.261 e. The molecular weight excluding hydrogens is 286 g/mol. The molecule has 2 aromatic heterocycles. The SMILES string of the molecule is Cc1ccc(CNS(=O)(=O)c2ccc(Cl)nc2)cn1. The summed E-state index contributed by atoms with van der Waals surface area (Å²) in [7, 11) is -3.58. The third kappa shape index (κ3) is 3.73. The van der Waals surface area contributed by atoms with Crippen molar-refractivity contribution in [3.63, 3.8) is 0 Å². The smallest absolute Gasteiger partial charge is 0.242 e. The highest BCUT2D eigenvalue weighted by molar-refractivity contribution is 7.89. The predicted molar refractivity (Wildman–Crippen MR) is 72.2 cm³/mol. The minimum atomic E-state index is -3.58. The highest BCUT2D eigenvalue weighted by Crippen LogP contribution is 2.11. The van der Waals surface area contributed by atoms with E-state index in [4.69, 9.17) is 11.6 Å². The lowest BCUT2D eigenvalue weighted by molar-refractivity contribution is 0.581. The molecule has 100 valence electrons.